The van der Waals surface area contributed by atoms with Gasteiger partial charge in [0.05, 0.1) is 0 Å². The molecular formula is C9H15BClNO2. The van der Waals surface area contributed by atoms with Gasteiger partial charge in [0, 0.05) is 5.94 Å². The van der Waals surface area contributed by atoms with Crippen LogP contribution in [0.3, 0.4) is 0 Å². The molecule has 0 saturated carbocycles. The summed E-state index contributed by atoms with van der Waals surface area (Å²) in [6, 6.07) is 9.85. The summed E-state index contributed by atoms with van der Waals surface area (Å²) in [5, 5.41) is 17.5. The Labute approximate surface area is 90.5 Å². The van der Waals surface area contributed by atoms with Crippen molar-refractivity contribution in [2.45, 2.75) is 18.8 Å². The second-order valence-corrected chi connectivity index (χ2v) is 3.10. The van der Waals surface area contributed by atoms with Gasteiger partial charge in [-0.1, -0.05) is 30.3 Å². The van der Waals surface area contributed by atoms with Crippen LogP contribution in [-0.2, 0) is 6.42 Å². The van der Waals surface area contributed by atoms with Crippen LogP contribution in [0.25, 0.3) is 0 Å². The van der Waals surface area contributed by atoms with Crippen LogP contribution in [-0.4, -0.2) is 23.1 Å². The Hall–Kier alpha value is -0.545. The molecule has 0 aromatic heterocycles. The Morgan fingerprint density at radius 1 is 1.21 bits per heavy atom. The topological polar surface area (TPSA) is 66.5 Å². The zero-order valence-electron chi connectivity index (χ0n) is 7.84. The van der Waals surface area contributed by atoms with E-state index in [1.807, 2.05) is 30.3 Å². The van der Waals surface area contributed by atoms with Crippen molar-refractivity contribution in [2.75, 3.05) is 0 Å². The fourth-order valence-electron chi connectivity index (χ4n) is 1.13. The van der Waals surface area contributed by atoms with E-state index in [1.165, 1.54) is 5.56 Å². The molecule has 14 heavy (non-hydrogen) atoms. The molecule has 78 valence electrons. The highest BCUT2D eigenvalue weighted by atomic mass is 35.5. The highest BCUT2D eigenvalue weighted by molar-refractivity contribution is 6.43. The Morgan fingerprint density at radius 2 is 1.79 bits per heavy atom. The lowest BCUT2D eigenvalue weighted by molar-refractivity contribution is 0.382. The maximum absolute atomic E-state index is 8.73. The van der Waals surface area contributed by atoms with Crippen molar-refractivity contribution in [1.29, 1.82) is 0 Å². The molecule has 0 spiro atoms. The van der Waals surface area contributed by atoms with Crippen LogP contribution in [0.1, 0.15) is 12.0 Å². The predicted molar refractivity (Wildman–Crippen MR) is 60.2 cm³/mol. The summed E-state index contributed by atoms with van der Waals surface area (Å²) in [6.45, 7) is 0. The van der Waals surface area contributed by atoms with Gasteiger partial charge in [-0.2, -0.15) is 0 Å². The minimum absolute atomic E-state index is 0. The molecule has 1 rings (SSSR count). The normalized spacial score (nSPS) is 11.6. The molecule has 3 nitrogen and oxygen atoms in total. The minimum atomic E-state index is -1.41. The average Bonchev–Trinajstić information content (AvgIpc) is 2.15. The van der Waals surface area contributed by atoms with Gasteiger partial charge in [-0.05, 0) is 18.4 Å². The van der Waals surface area contributed by atoms with Crippen molar-refractivity contribution in [3.8, 4) is 0 Å². The van der Waals surface area contributed by atoms with Gasteiger partial charge in [-0.3, -0.25) is 0 Å². The molecule has 0 radical (unpaired) electrons. The van der Waals surface area contributed by atoms with E-state index in [9.17, 15) is 0 Å². The van der Waals surface area contributed by atoms with Crippen molar-refractivity contribution in [1.82, 2.24) is 0 Å². The lowest BCUT2D eigenvalue weighted by Crippen LogP contribution is -2.39. The highest BCUT2D eigenvalue weighted by Crippen LogP contribution is 2.04. The Bertz CT molecular complexity index is 246. The van der Waals surface area contributed by atoms with Crippen molar-refractivity contribution in [3.05, 3.63) is 35.9 Å². The smallest absolute Gasteiger partial charge is 0.426 e. The van der Waals surface area contributed by atoms with Gasteiger partial charge in [-0.15, -0.1) is 12.4 Å². The first-order chi connectivity index (χ1) is 6.20. The average molecular weight is 215 g/mol. The molecule has 0 aliphatic carbocycles. The van der Waals surface area contributed by atoms with Crippen LogP contribution in [0.2, 0.25) is 0 Å². The summed E-state index contributed by atoms with van der Waals surface area (Å²) in [6.07, 6.45) is 1.36. The number of nitrogens with two attached hydrogens (primary N) is 1. The second kappa shape index (κ2) is 6.84. The van der Waals surface area contributed by atoms with E-state index < -0.39 is 13.1 Å². The van der Waals surface area contributed by atoms with E-state index in [0.717, 1.165) is 6.42 Å². The van der Waals surface area contributed by atoms with E-state index in [4.69, 9.17) is 15.8 Å². The van der Waals surface area contributed by atoms with Crippen LogP contribution in [0.4, 0.5) is 0 Å². The molecule has 0 aliphatic heterocycles. The Balaban J connectivity index is 0.00000169. The molecule has 0 fully saturated rings. The molecule has 1 unspecified atom stereocenters. The molecule has 0 amide bonds. The third-order valence-corrected chi connectivity index (χ3v) is 1.99. The van der Waals surface area contributed by atoms with Gasteiger partial charge in [0.25, 0.3) is 0 Å². The lowest BCUT2D eigenvalue weighted by Gasteiger charge is -2.09. The van der Waals surface area contributed by atoms with Crippen LogP contribution in [0.15, 0.2) is 30.3 Å². The summed E-state index contributed by atoms with van der Waals surface area (Å²) in [7, 11) is -1.41. The molecule has 5 heteroatoms. The first kappa shape index (κ1) is 13.5. The quantitative estimate of drug-likeness (QED) is 0.636. The van der Waals surface area contributed by atoms with Crippen LogP contribution in [0, 0.1) is 0 Å². The van der Waals surface area contributed by atoms with Crippen LogP contribution >= 0.6 is 12.4 Å². The molecule has 4 N–H and O–H groups in total. The summed E-state index contributed by atoms with van der Waals surface area (Å²) in [4.78, 5) is 0. The zero-order valence-corrected chi connectivity index (χ0v) is 8.65. The Kier molecular flexibility index (Phi) is 6.58. The van der Waals surface area contributed by atoms with Gasteiger partial charge in [0.2, 0.25) is 0 Å². The summed E-state index contributed by atoms with van der Waals surface area (Å²) in [5.41, 5.74) is 6.63. The first-order valence-electron chi connectivity index (χ1n) is 4.36. The van der Waals surface area contributed by atoms with E-state index in [1.54, 1.807) is 0 Å². The Morgan fingerprint density at radius 3 is 2.29 bits per heavy atom. The first-order valence-corrected chi connectivity index (χ1v) is 4.36. The lowest BCUT2D eigenvalue weighted by atomic mass is 9.77. The fraction of sp³-hybridized carbons (Fsp3) is 0.333. The van der Waals surface area contributed by atoms with Gasteiger partial charge in [0.1, 0.15) is 0 Å². The van der Waals surface area contributed by atoms with E-state index in [2.05, 4.69) is 0 Å². The minimum Gasteiger partial charge on any atom is -0.426 e. The van der Waals surface area contributed by atoms with E-state index >= 15 is 0 Å². The largest absolute Gasteiger partial charge is 0.469 e. The van der Waals surface area contributed by atoms with Crippen LogP contribution in [0.5, 0.6) is 0 Å². The van der Waals surface area contributed by atoms with Crippen LogP contribution < -0.4 is 5.73 Å². The fourth-order valence-corrected chi connectivity index (χ4v) is 1.13. The van der Waals surface area contributed by atoms with Crippen molar-refractivity contribution in [2.24, 2.45) is 5.73 Å². The third-order valence-electron chi connectivity index (χ3n) is 1.99. The molecular weight excluding hydrogens is 200 g/mol. The maximum Gasteiger partial charge on any atom is 0.469 e. The number of benzene rings is 1. The van der Waals surface area contributed by atoms with Gasteiger partial charge in [-0.25, -0.2) is 0 Å². The van der Waals surface area contributed by atoms with E-state index in [0.29, 0.717) is 6.42 Å². The second-order valence-electron chi connectivity index (χ2n) is 3.10. The van der Waals surface area contributed by atoms with Gasteiger partial charge >= 0.3 is 7.12 Å². The summed E-state index contributed by atoms with van der Waals surface area (Å²) < 4.78 is 0. The molecule has 1 atom stereocenters. The SMILES string of the molecule is Cl.NC(CCc1ccccc1)B(O)O. The number of hydrogen-bond donors (Lipinski definition) is 3. The zero-order chi connectivity index (χ0) is 9.68. The van der Waals surface area contributed by atoms with Crippen molar-refractivity contribution >= 4 is 19.5 Å². The molecule has 0 bridgehead atoms. The molecule has 0 heterocycles. The molecule has 0 aliphatic rings. The van der Waals surface area contributed by atoms with E-state index in [-0.39, 0.29) is 12.4 Å². The highest BCUT2D eigenvalue weighted by Gasteiger charge is 2.17. The van der Waals surface area contributed by atoms with Gasteiger partial charge < -0.3 is 15.8 Å². The third kappa shape index (κ3) is 4.62. The summed E-state index contributed by atoms with van der Waals surface area (Å²) >= 11 is 0. The maximum atomic E-state index is 8.73. The van der Waals surface area contributed by atoms with Crippen molar-refractivity contribution < 1.29 is 10.0 Å². The molecule has 1 aromatic rings. The number of hydrogen-bond acceptors (Lipinski definition) is 3. The number of halogens is 1. The molecule has 1 aromatic carbocycles. The van der Waals surface area contributed by atoms with Gasteiger partial charge in [0.15, 0.2) is 0 Å². The monoisotopic (exact) mass is 215 g/mol. The van der Waals surface area contributed by atoms with Crippen molar-refractivity contribution in [3.63, 3.8) is 0 Å². The summed E-state index contributed by atoms with van der Waals surface area (Å²) in [5.74, 6) is -0.555. The predicted octanol–water partition coefficient (Wildman–Crippen LogP) is 0.380. The molecule has 0 saturated heterocycles. The standard InChI is InChI=1S/C9H14BNO2.ClH/c11-9(10(12)13)7-6-8-4-2-1-3-5-8;/h1-5,9,12-13H,6-7,11H2;1H. The number of rotatable bonds is 4. The number of aryl methyl sites for hydroxylation is 1.